The highest BCUT2D eigenvalue weighted by atomic mass is 16.3. The predicted octanol–water partition coefficient (Wildman–Crippen LogP) is 1.37. The summed E-state index contributed by atoms with van der Waals surface area (Å²) >= 11 is 0. The van der Waals surface area contributed by atoms with Gasteiger partial charge in [0.25, 0.3) is 5.91 Å². The number of aromatic hydroxyl groups is 1. The molecule has 3 rings (SSSR count). The number of rotatable bonds is 5. The maximum atomic E-state index is 12.5. The molecule has 1 aliphatic rings. The summed E-state index contributed by atoms with van der Waals surface area (Å²) in [6, 6.07) is 17.8. The van der Waals surface area contributed by atoms with Crippen molar-refractivity contribution < 1.29 is 15.2 Å². The molecule has 0 unspecified atom stereocenters. The molecule has 5 heteroatoms. The summed E-state index contributed by atoms with van der Waals surface area (Å²) in [6.45, 7) is 5.75. The number of nitrogens with zero attached hydrogens (tertiary/aromatic N) is 2. The van der Waals surface area contributed by atoms with E-state index >= 15 is 0 Å². The highest BCUT2D eigenvalue weighted by molar-refractivity contribution is 5.77. The Kier molecular flexibility index (Phi) is 5.56. The monoisotopic (exact) mass is 340 g/mol. The topological polar surface area (TPSA) is 60.4 Å². The molecule has 1 fully saturated rings. The number of anilines is 1. The van der Waals surface area contributed by atoms with Gasteiger partial charge in [0.05, 0.1) is 0 Å². The van der Waals surface area contributed by atoms with Gasteiger partial charge in [-0.25, -0.2) is 0 Å². The maximum Gasteiger partial charge on any atom is 0.277 e. The first kappa shape index (κ1) is 17.3. The van der Waals surface area contributed by atoms with E-state index in [1.807, 2.05) is 35.2 Å². The van der Waals surface area contributed by atoms with Crippen LogP contribution >= 0.6 is 0 Å². The third-order valence-electron chi connectivity index (χ3n) is 4.82. The Labute approximate surface area is 148 Å². The zero-order valence-corrected chi connectivity index (χ0v) is 14.6. The molecular weight excluding hydrogens is 314 g/mol. The number of nitrogens with two attached hydrogens (primary N) is 1. The molecule has 132 valence electrons. The number of benzene rings is 2. The summed E-state index contributed by atoms with van der Waals surface area (Å²) in [7, 11) is 0. The van der Waals surface area contributed by atoms with Crippen LogP contribution in [0.15, 0.2) is 54.6 Å². The number of hydrogen-bond acceptors (Lipinski definition) is 3. The number of piperazine rings is 1. The fourth-order valence-corrected chi connectivity index (χ4v) is 3.18. The van der Waals surface area contributed by atoms with Crippen LogP contribution in [-0.4, -0.2) is 48.6 Å². The van der Waals surface area contributed by atoms with Crippen molar-refractivity contribution in [2.45, 2.75) is 13.0 Å². The first-order valence-electron chi connectivity index (χ1n) is 8.83. The second kappa shape index (κ2) is 8.03. The van der Waals surface area contributed by atoms with Gasteiger partial charge in [0.1, 0.15) is 11.8 Å². The number of hydrogen-bond donors (Lipinski definition) is 2. The van der Waals surface area contributed by atoms with Gasteiger partial charge in [-0.1, -0.05) is 30.3 Å². The second-order valence-electron chi connectivity index (χ2n) is 6.52. The van der Waals surface area contributed by atoms with Crippen LogP contribution < -0.4 is 10.2 Å². The predicted molar refractivity (Wildman–Crippen MR) is 98.5 cm³/mol. The number of carbonyl (C=O) groups excluding carboxylic acids is 1. The van der Waals surface area contributed by atoms with Gasteiger partial charge in [0.2, 0.25) is 0 Å². The van der Waals surface area contributed by atoms with Crippen LogP contribution in [0.3, 0.4) is 0 Å². The molecule has 0 saturated carbocycles. The highest BCUT2D eigenvalue weighted by Gasteiger charge is 2.23. The lowest BCUT2D eigenvalue weighted by Gasteiger charge is -2.36. The van der Waals surface area contributed by atoms with Crippen molar-refractivity contribution in [3.63, 3.8) is 0 Å². The first-order valence-corrected chi connectivity index (χ1v) is 8.83. The van der Waals surface area contributed by atoms with Crippen molar-refractivity contribution in [3.8, 4) is 5.75 Å². The third-order valence-corrected chi connectivity index (χ3v) is 4.82. The Balaban J connectivity index is 1.46. The van der Waals surface area contributed by atoms with Crippen molar-refractivity contribution in [2.75, 3.05) is 37.6 Å². The van der Waals surface area contributed by atoms with Crippen molar-refractivity contribution in [2.24, 2.45) is 0 Å². The number of quaternary nitrogens is 1. The molecule has 25 heavy (non-hydrogen) atoms. The quantitative estimate of drug-likeness (QED) is 0.864. The molecule has 1 heterocycles. The summed E-state index contributed by atoms with van der Waals surface area (Å²) in [4.78, 5) is 16.7. The van der Waals surface area contributed by atoms with E-state index in [0.717, 1.165) is 31.9 Å². The lowest BCUT2D eigenvalue weighted by atomic mass is 10.1. The van der Waals surface area contributed by atoms with Crippen LogP contribution in [0, 0.1) is 0 Å². The molecule has 2 aromatic carbocycles. The fraction of sp³-hybridized carbons (Fsp3) is 0.350. The Morgan fingerprint density at radius 2 is 1.68 bits per heavy atom. The van der Waals surface area contributed by atoms with Gasteiger partial charge < -0.3 is 20.2 Å². The Morgan fingerprint density at radius 1 is 1.04 bits per heavy atom. The lowest BCUT2D eigenvalue weighted by molar-refractivity contribution is -0.683. The summed E-state index contributed by atoms with van der Waals surface area (Å²) in [5.41, 5.74) is 2.33. The zero-order valence-electron chi connectivity index (χ0n) is 14.6. The van der Waals surface area contributed by atoms with E-state index in [-0.39, 0.29) is 17.7 Å². The molecule has 0 aromatic heterocycles. The molecule has 1 atom stereocenters. The fourth-order valence-electron chi connectivity index (χ4n) is 3.18. The van der Waals surface area contributed by atoms with E-state index in [4.69, 9.17) is 0 Å². The molecule has 1 aliphatic heterocycles. The van der Waals surface area contributed by atoms with Crippen molar-refractivity contribution in [1.29, 1.82) is 0 Å². The van der Waals surface area contributed by atoms with Crippen molar-refractivity contribution in [1.82, 2.24) is 4.90 Å². The molecular formula is C20H26N3O2+. The summed E-state index contributed by atoms with van der Waals surface area (Å²) in [5.74, 6) is 0.480. The second-order valence-corrected chi connectivity index (χ2v) is 6.52. The molecule has 0 radical (unpaired) electrons. The molecule has 0 spiro atoms. The minimum absolute atomic E-state index is 0.202. The molecule has 0 aliphatic carbocycles. The van der Waals surface area contributed by atoms with Crippen molar-refractivity contribution in [3.05, 3.63) is 60.2 Å². The Bertz CT molecular complexity index is 680. The van der Waals surface area contributed by atoms with E-state index in [2.05, 4.69) is 29.3 Å². The van der Waals surface area contributed by atoms with Gasteiger partial charge in [0.15, 0.2) is 6.54 Å². The average Bonchev–Trinajstić information content (AvgIpc) is 2.67. The Hall–Kier alpha value is -2.53. The maximum absolute atomic E-state index is 12.5. The van der Waals surface area contributed by atoms with Crippen molar-refractivity contribution >= 4 is 11.6 Å². The summed E-state index contributed by atoms with van der Waals surface area (Å²) in [5, 5.41) is 11.5. The lowest BCUT2D eigenvalue weighted by Crippen LogP contribution is -2.87. The standard InChI is InChI=1S/C20H25N3O2/c1-16(17-5-3-2-4-6-17)21-15-20(25)23-13-11-22(12-14-23)18-7-9-19(24)10-8-18/h2-10,16,21,24H,11-15H2,1H3/p+1/t16-/m0/s1. The highest BCUT2D eigenvalue weighted by Crippen LogP contribution is 2.19. The summed E-state index contributed by atoms with van der Waals surface area (Å²) < 4.78 is 0. The SMILES string of the molecule is C[C@H]([NH2+]CC(=O)N1CCN(c2ccc(O)cc2)CC1)c1ccccc1. The van der Waals surface area contributed by atoms with Gasteiger partial charge in [-0.3, -0.25) is 4.79 Å². The molecule has 3 N–H and O–H groups in total. The molecule has 1 amide bonds. The minimum Gasteiger partial charge on any atom is -0.508 e. The largest absolute Gasteiger partial charge is 0.508 e. The van der Waals surface area contributed by atoms with E-state index in [1.54, 1.807) is 12.1 Å². The number of amides is 1. The normalized spacial score (nSPS) is 15.9. The van der Waals surface area contributed by atoms with E-state index in [9.17, 15) is 9.90 Å². The molecule has 1 saturated heterocycles. The van der Waals surface area contributed by atoms with E-state index in [0.29, 0.717) is 6.54 Å². The molecule has 2 aromatic rings. The Morgan fingerprint density at radius 3 is 2.32 bits per heavy atom. The van der Waals surface area contributed by atoms with Crippen LogP contribution in [0.5, 0.6) is 5.75 Å². The van der Waals surface area contributed by atoms with Crippen LogP contribution in [0.2, 0.25) is 0 Å². The average molecular weight is 340 g/mol. The van der Waals surface area contributed by atoms with Gasteiger partial charge >= 0.3 is 0 Å². The smallest absolute Gasteiger partial charge is 0.277 e. The van der Waals surface area contributed by atoms with Gasteiger partial charge in [-0.05, 0) is 31.2 Å². The number of carbonyl (C=O) groups is 1. The van der Waals surface area contributed by atoms with Crippen LogP contribution in [0.1, 0.15) is 18.5 Å². The third kappa shape index (κ3) is 4.51. The zero-order chi connectivity index (χ0) is 17.6. The molecule has 5 nitrogen and oxygen atoms in total. The van der Waals surface area contributed by atoms with Gasteiger partial charge in [-0.15, -0.1) is 0 Å². The van der Waals surface area contributed by atoms with Crippen LogP contribution in [0.4, 0.5) is 5.69 Å². The van der Waals surface area contributed by atoms with Crippen LogP contribution in [0.25, 0.3) is 0 Å². The van der Waals surface area contributed by atoms with Crippen LogP contribution in [-0.2, 0) is 4.79 Å². The minimum atomic E-state index is 0.202. The molecule has 0 bridgehead atoms. The van der Waals surface area contributed by atoms with Gasteiger partial charge in [-0.2, -0.15) is 0 Å². The number of phenolic OH excluding ortho intramolecular Hbond substituents is 1. The summed E-state index contributed by atoms with van der Waals surface area (Å²) in [6.07, 6.45) is 0. The van der Waals surface area contributed by atoms with Gasteiger partial charge in [0, 0.05) is 37.4 Å². The first-order chi connectivity index (χ1) is 12.1. The van der Waals surface area contributed by atoms with E-state index < -0.39 is 0 Å². The van der Waals surface area contributed by atoms with E-state index in [1.165, 1.54) is 5.56 Å². The number of phenols is 1.